The summed E-state index contributed by atoms with van der Waals surface area (Å²) >= 11 is 3.36. The predicted molar refractivity (Wildman–Crippen MR) is 77.5 cm³/mol. The number of rotatable bonds is 3. The number of anilines is 1. The van der Waals surface area contributed by atoms with Gasteiger partial charge < -0.3 is 10.5 Å². The van der Waals surface area contributed by atoms with E-state index < -0.39 is 0 Å². The number of nitrogens with zero attached hydrogens (tertiary/aromatic N) is 1. The lowest BCUT2D eigenvalue weighted by Crippen LogP contribution is -2.07. The predicted octanol–water partition coefficient (Wildman–Crippen LogP) is 2.97. The van der Waals surface area contributed by atoms with Crippen LogP contribution in [0.3, 0.4) is 0 Å². The van der Waals surface area contributed by atoms with E-state index in [2.05, 4.69) is 20.9 Å². The summed E-state index contributed by atoms with van der Waals surface area (Å²) in [6.07, 6.45) is 1.63. The van der Waals surface area contributed by atoms with Gasteiger partial charge in [-0.1, -0.05) is 0 Å². The molecular formula is C14H13BrN2O2. The van der Waals surface area contributed by atoms with E-state index in [9.17, 15) is 4.79 Å². The fraction of sp³-hybridized carbons (Fsp3) is 0.143. The number of halogens is 1. The first-order chi connectivity index (χ1) is 9.02. The highest BCUT2D eigenvalue weighted by Crippen LogP contribution is 2.27. The van der Waals surface area contributed by atoms with Gasteiger partial charge in [0, 0.05) is 11.8 Å². The Balaban J connectivity index is 2.44. The molecule has 4 nitrogen and oxygen atoms in total. The van der Waals surface area contributed by atoms with Crippen molar-refractivity contribution < 1.29 is 9.53 Å². The fourth-order valence-electron chi connectivity index (χ4n) is 1.72. The Morgan fingerprint density at radius 1 is 1.37 bits per heavy atom. The first-order valence-corrected chi connectivity index (χ1v) is 6.42. The maximum Gasteiger partial charge on any atom is 0.196 e. The molecule has 0 unspecified atom stereocenters. The average Bonchev–Trinajstić information content (AvgIpc) is 2.40. The van der Waals surface area contributed by atoms with Crippen LogP contribution < -0.4 is 10.5 Å². The zero-order chi connectivity index (χ0) is 14.0. The molecule has 0 aliphatic rings. The number of methoxy groups -OCH3 is 1. The minimum absolute atomic E-state index is 0.156. The average molecular weight is 321 g/mol. The van der Waals surface area contributed by atoms with Crippen LogP contribution in [-0.4, -0.2) is 17.9 Å². The third kappa shape index (κ3) is 2.76. The van der Waals surface area contributed by atoms with Gasteiger partial charge in [0.05, 0.1) is 17.1 Å². The second-order valence-electron chi connectivity index (χ2n) is 4.12. The maximum atomic E-state index is 12.4. The number of hydrogen-bond acceptors (Lipinski definition) is 4. The van der Waals surface area contributed by atoms with E-state index in [4.69, 9.17) is 10.5 Å². The smallest absolute Gasteiger partial charge is 0.196 e. The minimum Gasteiger partial charge on any atom is -0.496 e. The molecule has 19 heavy (non-hydrogen) atoms. The van der Waals surface area contributed by atoms with Crippen LogP contribution in [0.1, 0.15) is 21.5 Å². The molecule has 0 spiro atoms. The van der Waals surface area contributed by atoms with Crippen molar-refractivity contribution in [2.75, 3.05) is 12.8 Å². The van der Waals surface area contributed by atoms with Crippen molar-refractivity contribution in [2.45, 2.75) is 6.92 Å². The summed E-state index contributed by atoms with van der Waals surface area (Å²) in [6.45, 7) is 1.87. The number of carbonyl (C=O) groups is 1. The molecule has 1 heterocycles. The van der Waals surface area contributed by atoms with Crippen LogP contribution in [0.5, 0.6) is 5.75 Å². The number of carbonyl (C=O) groups excluding carboxylic acids is 1. The van der Waals surface area contributed by atoms with Crippen LogP contribution in [-0.2, 0) is 0 Å². The SMILES string of the molecule is COc1ccc(C(=O)c2cc(C)cnc2N)cc1Br. The van der Waals surface area contributed by atoms with E-state index in [1.54, 1.807) is 37.6 Å². The van der Waals surface area contributed by atoms with Crippen LogP contribution in [0.2, 0.25) is 0 Å². The van der Waals surface area contributed by atoms with Gasteiger partial charge in [0.25, 0.3) is 0 Å². The number of hydrogen-bond donors (Lipinski definition) is 1. The summed E-state index contributed by atoms with van der Waals surface area (Å²) in [6, 6.07) is 6.89. The summed E-state index contributed by atoms with van der Waals surface area (Å²) in [5.41, 5.74) is 7.60. The number of ketones is 1. The van der Waals surface area contributed by atoms with Crippen molar-refractivity contribution in [3.63, 3.8) is 0 Å². The van der Waals surface area contributed by atoms with E-state index in [0.29, 0.717) is 16.9 Å². The molecule has 0 aliphatic carbocycles. The van der Waals surface area contributed by atoms with Crippen molar-refractivity contribution in [1.29, 1.82) is 0 Å². The van der Waals surface area contributed by atoms with Crippen LogP contribution >= 0.6 is 15.9 Å². The zero-order valence-electron chi connectivity index (χ0n) is 10.6. The second-order valence-corrected chi connectivity index (χ2v) is 4.98. The molecule has 2 aromatic rings. The molecule has 0 saturated carbocycles. The van der Waals surface area contributed by atoms with E-state index in [1.807, 2.05) is 6.92 Å². The lowest BCUT2D eigenvalue weighted by atomic mass is 10.0. The number of benzene rings is 1. The highest BCUT2D eigenvalue weighted by Gasteiger charge is 2.15. The van der Waals surface area contributed by atoms with Gasteiger partial charge in [0.15, 0.2) is 5.78 Å². The van der Waals surface area contributed by atoms with Gasteiger partial charge in [0.2, 0.25) is 0 Å². The Kier molecular flexibility index (Phi) is 3.85. The number of nitrogen functional groups attached to an aromatic ring is 1. The van der Waals surface area contributed by atoms with Crippen LogP contribution in [0.4, 0.5) is 5.82 Å². The summed E-state index contributed by atoms with van der Waals surface area (Å²) in [7, 11) is 1.57. The summed E-state index contributed by atoms with van der Waals surface area (Å²) in [5.74, 6) is 0.756. The summed E-state index contributed by atoms with van der Waals surface area (Å²) in [5, 5.41) is 0. The molecule has 0 radical (unpaired) electrons. The fourth-order valence-corrected chi connectivity index (χ4v) is 2.27. The number of nitrogens with two attached hydrogens (primary N) is 1. The zero-order valence-corrected chi connectivity index (χ0v) is 12.2. The van der Waals surface area contributed by atoms with Gasteiger partial charge in [-0.05, 0) is 52.7 Å². The Hall–Kier alpha value is -1.88. The number of ether oxygens (including phenoxy) is 1. The normalized spacial score (nSPS) is 10.3. The monoisotopic (exact) mass is 320 g/mol. The van der Waals surface area contributed by atoms with Gasteiger partial charge in [-0.2, -0.15) is 0 Å². The van der Waals surface area contributed by atoms with Crippen LogP contribution in [0.15, 0.2) is 34.9 Å². The van der Waals surface area contributed by atoms with Crippen molar-refractivity contribution in [2.24, 2.45) is 0 Å². The second kappa shape index (κ2) is 5.40. The Morgan fingerprint density at radius 3 is 2.74 bits per heavy atom. The summed E-state index contributed by atoms with van der Waals surface area (Å²) < 4.78 is 5.86. The van der Waals surface area contributed by atoms with E-state index in [1.165, 1.54) is 0 Å². The largest absolute Gasteiger partial charge is 0.496 e. The molecule has 0 aliphatic heterocycles. The van der Waals surface area contributed by atoms with Crippen molar-refractivity contribution in [3.05, 3.63) is 51.6 Å². The Bertz CT molecular complexity index is 641. The highest BCUT2D eigenvalue weighted by molar-refractivity contribution is 9.10. The highest BCUT2D eigenvalue weighted by atomic mass is 79.9. The van der Waals surface area contributed by atoms with Gasteiger partial charge in [-0.25, -0.2) is 4.98 Å². The molecule has 0 bridgehead atoms. The van der Waals surface area contributed by atoms with Gasteiger partial charge >= 0.3 is 0 Å². The van der Waals surface area contributed by atoms with Gasteiger partial charge in [-0.15, -0.1) is 0 Å². The van der Waals surface area contributed by atoms with Crippen molar-refractivity contribution in [1.82, 2.24) is 4.98 Å². The van der Waals surface area contributed by atoms with Crippen LogP contribution in [0.25, 0.3) is 0 Å². The number of pyridine rings is 1. The molecule has 2 rings (SSSR count). The molecule has 0 amide bonds. The Morgan fingerprint density at radius 2 is 2.11 bits per heavy atom. The molecule has 2 N–H and O–H groups in total. The van der Waals surface area contributed by atoms with E-state index >= 15 is 0 Å². The molecule has 5 heteroatoms. The number of aryl methyl sites for hydroxylation is 1. The van der Waals surface area contributed by atoms with Crippen molar-refractivity contribution in [3.8, 4) is 5.75 Å². The molecule has 0 saturated heterocycles. The number of aromatic nitrogens is 1. The first-order valence-electron chi connectivity index (χ1n) is 5.63. The summed E-state index contributed by atoms with van der Waals surface area (Å²) in [4.78, 5) is 16.4. The maximum absolute atomic E-state index is 12.4. The van der Waals surface area contributed by atoms with Crippen LogP contribution in [0, 0.1) is 6.92 Å². The topological polar surface area (TPSA) is 65.2 Å². The quantitative estimate of drug-likeness (QED) is 0.883. The molecular weight excluding hydrogens is 308 g/mol. The van der Waals surface area contributed by atoms with Gasteiger partial charge in [0.1, 0.15) is 11.6 Å². The molecule has 0 fully saturated rings. The molecule has 1 aromatic carbocycles. The molecule has 1 aromatic heterocycles. The van der Waals surface area contributed by atoms with Crippen molar-refractivity contribution >= 4 is 27.5 Å². The van der Waals surface area contributed by atoms with Gasteiger partial charge in [-0.3, -0.25) is 4.79 Å². The standard InChI is InChI=1S/C14H13BrN2O2/c1-8-5-10(14(16)17-7-8)13(18)9-3-4-12(19-2)11(15)6-9/h3-7H,1-2H3,(H2,16,17). The molecule has 0 atom stereocenters. The van der Waals surface area contributed by atoms with E-state index in [-0.39, 0.29) is 11.6 Å². The van der Waals surface area contributed by atoms with E-state index in [0.717, 1.165) is 10.0 Å². The minimum atomic E-state index is -0.156. The lowest BCUT2D eigenvalue weighted by Gasteiger charge is -2.07. The first kappa shape index (κ1) is 13.5. The third-order valence-electron chi connectivity index (χ3n) is 2.71. The molecule has 98 valence electrons. The Labute approximate surface area is 119 Å². The lowest BCUT2D eigenvalue weighted by molar-refractivity contribution is 0.103. The third-order valence-corrected chi connectivity index (χ3v) is 3.33.